The Hall–Kier alpha value is -0.550. The van der Waals surface area contributed by atoms with Crippen molar-refractivity contribution in [1.82, 2.24) is 10.3 Å². The molecule has 1 N–H and O–H groups in total. The maximum absolute atomic E-state index is 11.8. The number of hydrogen-bond donors (Lipinski definition) is 1. The number of rotatable bonds is 3. The van der Waals surface area contributed by atoms with Gasteiger partial charge in [-0.15, -0.1) is 0 Å². The van der Waals surface area contributed by atoms with Gasteiger partial charge >= 0.3 is 0 Å². The van der Waals surface area contributed by atoms with Crippen LogP contribution < -0.4 is 5.32 Å². The van der Waals surface area contributed by atoms with Gasteiger partial charge in [-0.3, -0.25) is 4.79 Å². The van der Waals surface area contributed by atoms with E-state index in [1.165, 1.54) is 25.0 Å². The van der Waals surface area contributed by atoms with Crippen LogP contribution in [0.25, 0.3) is 0 Å². The average molecular weight is 315 g/mol. The van der Waals surface area contributed by atoms with E-state index in [0.29, 0.717) is 10.8 Å². The lowest BCUT2D eigenvalue weighted by atomic mass is 10.2. The van der Waals surface area contributed by atoms with Gasteiger partial charge in [-0.1, -0.05) is 6.42 Å². The van der Waals surface area contributed by atoms with E-state index in [0.717, 1.165) is 11.1 Å². The number of nitrogens with zero attached hydrogens (tertiary/aromatic N) is 1. The molecule has 1 aliphatic heterocycles. The van der Waals surface area contributed by atoms with Crippen LogP contribution >= 0.6 is 27.7 Å². The number of hydrogen-bond acceptors (Lipinski definition) is 3. The van der Waals surface area contributed by atoms with Crippen LogP contribution in [0, 0.1) is 0 Å². The number of carbonyl (C=O) groups excluding carboxylic acids is 1. The smallest absolute Gasteiger partial charge is 0.252 e. The van der Waals surface area contributed by atoms with Crippen LogP contribution in [0.4, 0.5) is 0 Å². The molecule has 0 radical (unpaired) electrons. The van der Waals surface area contributed by atoms with Crippen molar-refractivity contribution in [1.29, 1.82) is 0 Å². The van der Waals surface area contributed by atoms with Crippen molar-refractivity contribution in [2.75, 3.05) is 12.3 Å². The van der Waals surface area contributed by atoms with Gasteiger partial charge < -0.3 is 5.32 Å². The summed E-state index contributed by atoms with van der Waals surface area (Å²) in [5, 5.41) is 3.55. The third-order valence-corrected chi connectivity index (χ3v) is 4.62. The van der Waals surface area contributed by atoms with Crippen molar-refractivity contribution in [2.45, 2.75) is 24.5 Å². The Balaban J connectivity index is 1.82. The van der Waals surface area contributed by atoms with Crippen LogP contribution in [-0.2, 0) is 0 Å². The number of amides is 1. The number of carbonyl (C=O) groups is 1. The molecular weight excluding hydrogens is 300 g/mol. The van der Waals surface area contributed by atoms with Crippen LogP contribution in [-0.4, -0.2) is 28.4 Å². The van der Waals surface area contributed by atoms with Gasteiger partial charge in [0.1, 0.15) is 4.60 Å². The first-order valence-electron chi connectivity index (χ1n) is 5.77. The van der Waals surface area contributed by atoms with E-state index in [2.05, 4.69) is 26.2 Å². The quantitative estimate of drug-likeness (QED) is 0.872. The van der Waals surface area contributed by atoms with Gasteiger partial charge in [0, 0.05) is 18.0 Å². The Morgan fingerprint density at radius 3 is 3.06 bits per heavy atom. The van der Waals surface area contributed by atoms with E-state index >= 15 is 0 Å². The fraction of sp³-hybridized carbons (Fsp3) is 0.500. The van der Waals surface area contributed by atoms with Crippen molar-refractivity contribution >= 4 is 33.6 Å². The predicted molar refractivity (Wildman–Crippen MR) is 74.4 cm³/mol. The minimum absolute atomic E-state index is 0.0313. The standard InChI is InChI=1S/C12H15BrN2OS/c13-11-5-4-9(7-14-11)12(16)15-8-10-3-1-2-6-17-10/h4-5,7,10H,1-3,6,8H2,(H,15,16). The van der Waals surface area contributed by atoms with Gasteiger partial charge in [-0.25, -0.2) is 4.98 Å². The molecule has 3 nitrogen and oxygen atoms in total. The molecule has 0 spiro atoms. The van der Waals surface area contributed by atoms with Gasteiger partial charge in [-0.2, -0.15) is 11.8 Å². The summed E-state index contributed by atoms with van der Waals surface area (Å²) < 4.78 is 0.747. The predicted octanol–water partition coefficient (Wildman–Crippen LogP) is 2.86. The number of thioether (sulfide) groups is 1. The lowest BCUT2D eigenvalue weighted by molar-refractivity contribution is 0.0953. The molecule has 0 aliphatic carbocycles. The minimum Gasteiger partial charge on any atom is -0.351 e. The largest absolute Gasteiger partial charge is 0.351 e. The number of nitrogens with one attached hydrogen (secondary N) is 1. The lowest BCUT2D eigenvalue weighted by Gasteiger charge is -2.21. The Bertz CT molecular complexity index is 377. The first-order valence-corrected chi connectivity index (χ1v) is 7.61. The summed E-state index contributed by atoms with van der Waals surface area (Å²) in [4.78, 5) is 15.9. The second-order valence-electron chi connectivity index (χ2n) is 4.07. The molecule has 0 saturated carbocycles. The van der Waals surface area contributed by atoms with E-state index < -0.39 is 0 Å². The van der Waals surface area contributed by atoms with Gasteiger partial charge in [0.05, 0.1) is 5.56 Å². The maximum Gasteiger partial charge on any atom is 0.252 e. The molecule has 5 heteroatoms. The van der Waals surface area contributed by atoms with Crippen LogP contribution in [0.15, 0.2) is 22.9 Å². The van der Waals surface area contributed by atoms with Crippen molar-refractivity contribution in [2.24, 2.45) is 0 Å². The fourth-order valence-corrected chi connectivity index (χ4v) is 3.26. The van der Waals surface area contributed by atoms with Crippen molar-refractivity contribution < 1.29 is 4.79 Å². The van der Waals surface area contributed by atoms with E-state index in [9.17, 15) is 4.79 Å². The third-order valence-electron chi connectivity index (χ3n) is 2.75. The number of pyridine rings is 1. The highest BCUT2D eigenvalue weighted by Crippen LogP contribution is 2.24. The van der Waals surface area contributed by atoms with E-state index in [-0.39, 0.29) is 5.91 Å². The van der Waals surface area contributed by atoms with Gasteiger partial charge in [-0.05, 0) is 46.7 Å². The Morgan fingerprint density at radius 2 is 2.41 bits per heavy atom. The molecule has 1 aliphatic rings. The number of halogens is 1. The molecule has 2 heterocycles. The highest BCUT2D eigenvalue weighted by molar-refractivity contribution is 9.10. The van der Waals surface area contributed by atoms with Crippen molar-refractivity contribution in [3.63, 3.8) is 0 Å². The van der Waals surface area contributed by atoms with Crippen LogP contribution in [0.1, 0.15) is 29.6 Å². The van der Waals surface area contributed by atoms with E-state index in [1.807, 2.05) is 11.8 Å². The highest BCUT2D eigenvalue weighted by atomic mass is 79.9. The summed E-state index contributed by atoms with van der Waals surface area (Å²) >= 11 is 5.21. The minimum atomic E-state index is -0.0313. The van der Waals surface area contributed by atoms with Gasteiger partial charge in [0.25, 0.3) is 5.91 Å². The van der Waals surface area contributed by atoms with E-state index in [4.69, 9.17) is 0 Å². The summed E-state index contributed by atoms with van der Waals surface area (Å²) in [6.45, 7) is 0.763. The Labute approximate surface area is 114 Å². The average Bonchev–Trinajstić information content (AvgIpc) is 2.38. The molecule has 92 valence electrons. The molecule has 0 bridgehead atoms. The Morgan fingerprint density at radius 1 is 1.53 bits per heavy atom. The highest BCUT2D eigenvalue weighted by Gasteiger charge is 2.15. The summed E-state index contributed by atoms with van der Waals surface area (Å²) in [6, 6.07) is 3.56. The molecule has 1 atom stereocenters. The summed E-state index contributed by atoms with van der Waals surface area (Å²) in [7, 11) is 0. The molecular formula is C12H15BrN2OS. The van der Waals surface area contributed by atoms with Crippen LogP contribution in [0.3, 0.4) is 0 Å². The van der Waals surface area contributed by atoms with Gasteiger partial charge in [0.2, 0.25) is 0 Å². The Kier molecular flexibility index (Phi) is 4.86. The van der Waals surface area contributed by atoms with E-state index in [1.54, 1.807) is 18.3 Å². The molecule has 17 heavy (non-hydrogen) atoms. The first-order chi connectivity index (χ1) is 8.25. The molecule has 1 unspecified atom stereocenters. The zero-order chi connectivity index (χ0) is 12.1. The monoisotopic (exact) mass is 314 g/mol. The lowest BCUT2D eigenvalue weighted by Crippen LogP contribution is -2.31. The molecule has 0 aromatic carbocycles. The molecule has 1 fully saturated rings. The first kappa shape index (κ1) is 12.9. The summed E-state index contributed by atoms with van der Waals surface area (Å²) in [5.41, 5.74) is 0.619. The molecule has 1 saturated heterocycles. The SMILES string of the molecule is O=C(NCC1CCCCS1)c1ccc(Br)nc1. The van der Waals surface area contributed by atoms with Crippen LogP contribution in [0.2, 0.25) is 0 Å². The van der Waals surface area contributed by atoms with Crippen molar-refractivity contribution in [3.05, 3.63) is 28.5 Å². The zero-order valence-corrected chi connectivity index (χ0v) is 11.9. The number of aromatic nitrogens is 1. The maximum atomic E-state index is 11.8. The second kappa shape index (κ2) is 6.40. The molecule has 1 aromatic rings. The second-order valence-corrected chi connectivity index (χ2v) is 6.29. The van der Waals surface area contributed by atoms with Crippen molar-refractivity contribution in [3.8, 4) is 0 Å². The topological polar surface area (TPSA) is 42.0 Å². The third kappa shape index (κ3) is 4.00. The zero-order valence-electron chi connectivity index (χ0n) is 9.49. The van der Waals surface area contributed by atoms with Gasteiger partial charge in [0.15, 0.2) is 0 Å². The molecule has 1 amide bonds. The normalized spacial score (nSPS) is 19.9. The summed E-state index contributed by atoms with van der Waals surface area (Å²) in [5.74, 6) is 1.19. The fourth-order valence-electron chi connectivity index (χ4n) is 1.79. The molecule has 2 rings (SSSR count). The van der Waals surface area contributed by atoms with Crippen LogP contribution in [0.5, 0.6) is 0 Å². The molecule has 1 aromatic heterocycles. The summed E-state index contributed by atoms with van der Waals surface area (Å²) in [6.07, 6.45) is 5.40.